The number of sulfonamides is 1. The highest BCUT2D eigenvalue weighted by Gasteiger charge is 2.18. The second-order valence-corrected chi connectivity index (χ2v) is 8.19. The molecular formula is C19H25N3O3S. The molecular weight excluding hydrogens is 350 g/mol. The average Bonchev–Trinajstić information content (AvgIpc) is 2.91. The van der Waals surface area contributed by atoms with E-state index in [-0.39, 0.29) is 4.90 Å². The number of benzene rings is 1. The summed E-state index contributed by atoms with van der Waals surface area (Å²) < 4.78 is 33.0. The number of aryl methyl sites for hydroxylation is 1. The number of pyridine rings is 1. The minimum atomic E-state index is -3.69. The molecule has 0 spiro atoms. The molecule has 0 unspecified atom stereocenters. The highest BCUT2D eigenvalue weighted by atomic mass is 32.2. The van der Waals surface area contributed by atoms with Gasteiger partial charge in [-0.1, -0.05) is 12.8 Å². The van der Waals surface area contributed by atoms with Gasteiger partial charge in [0.15, 0.2) is 0 Å². The Hall–Kier alpha value is -2.28. The first-order valence-corrected chi connectivity index (χ1v) is 10.4. The lowest BCUT2D eigenvalue weighted by Gasteiger charge is -2.22. The minimum absolute atomic E-state index is 0.219. The number of hydrogen-bond acceptors (Lipinski definition) is 5. The predicted octanol–water partition coefficient (Wildman–Crippen LogP) is 3.58. The van der Waals surface area contributed by atoms with E-state index in [4.69, 9.17) is 4.74 Å². The molecule has 1 N–H and O–H groups in total. The van der Waals surface area contributed by atoms with E-state index in [0.29, 0.717) is 17.1 Å². The molecule has 0 atom stereocenters. The van der Waals surface area contributed by atoms with E-state index >= 15 is 0 Å². The fourth-order valence-corrected chi connectivity index (χ4v) is 4.44. The van der Waals surface area contributed by atoms with Crippen LogP contribution in [0.3, 0.4) is 0 Å². The Balaban J connectivity index is 1.75. The van der Waals surface area contributed by atoms with Gasteiger partial charge in [-0.05, 0) is 55.7 Å². The standard InChI is InChI=1S/C19H25N3O3S/c1-15-13-17(25-2)8-9-18(15)26(23,24)21-19-10-7-16(14-20-19)22-11-5-3-4-6-12-22/h7-10,13-14H,3-6,11-12H2,1-2H3,(H,20,21). The summed E-state index contributed by atoms with van der Waals surface area (Å²) in [5.41, 5.74) is 1.66. The molecule has 140 valence electrons. The molecule has 1 aromatic heterocycles. The molecule has 26 heavy (non-hydrogen) atoms. The van der Waals surface area contributed by atoms with Crippen LogP contribution in [0.1, 0.15) is 31.2 Å². The lowest BCUT2D eigenvalue weighted by Crippen LogP contribution is -2.24. The largest absolute Gasteiger partial charge is 0.497 e. The van der Waals surface area contributed by atoms with Crippen LogP contribution in [0, 0.1) is 6.92 Å². The summed E-state index contributed by atoms with van der Waals surface area (Å²) in [6, 6.07) is 8.53. The van der Waals surface area contributed by atoms with Crippen LogP contribution < -0.4 is 14.4 Å². The van der Waals surface area contributed by atoms with E-state index in [9.17, 15) is 8.42 Å². The molecule has 1 aliphatic heterocycles. The fourth-order valence-electron chi connectivity index (χ4n) is 3.21. The monoisotopic (exact) mass is 375 g/mol. The van der Waals surface area contributed by atoms with Crippen molar-refractivity contribution < 1.29 is 13.2 Å². The maximum atomic E-state index is 12.7. The number of nitrogens with zero attached hydrogens (tertiary/aromatic N) is 2. The molecule has 2 aromatic rings. The lowest BCUT2D eigenvalue weighted by atomic mass is 10.2. The smallest absolute Gasteiger partial charge is 0.263 e. The van der Waals surface area contributed by atoms with Gasteiger partial charge < -0.3 is 9.64 Å². The maximum Gasteiger partial charge on any atom is 0.263 e. The van der Waals surface area contributed by atoms with Gasteiger partial charge in [0.2, 0.25) is 0 Å². The van der Waals surface area contributed by atoms with Crippen LogP contribution in [0.5, 0.6) is 5.75 Å². The SMILES string of the molecule is COc1ccc(S(=O)(=O)Nc2ccc(N3CCCCCC3)cn2)c(C)c1. The Labute approximate surface area is 155 Å². The van der Waals surface area contributed by atoms with Gasteiger partial charge in [-0.3, -0.25) is 4.72 Å². The van der Waals surface area contributed by atoms with Crippen molar-refractivity contribution in [3.63, 3.8) is 0 Å². The van der Waals surface area contributed by atoms with Gasteiger partial charge in [0, 0.05) is 13.1 Å². The molecule has 1 saturated heterocycles. The van der Waals surface area contributed by atoms with Gasteiger partial charge in [-0.2, -0.15) is 0 Å². The first-order chi connectivity index (χ1) is 12.5. The van der Waals surface area contributed by atoms with Crippen molar-refractivity contribution in [3.8, 4) is 5.75 Å². The topological polar surface area (TPSA) is 71.5 Å². The van der Waals surface area contributed by atoms with Crippen LogP contribution in [0.2, 0.25) is 0 Å². The molecule has 1 aromatic carbocycles. The maximum absolute atomic E-state index is 12.7. The van der Waals surface area contributed by atoms with Gasteiger partial charge in [0.25, 0.3) is 10.0 Å². The third-order valence-electron chi connectivity index (χ3n) is 4.63. The van der Waals surface area contributed by atoms with Gasteiger partial charge in [0.05, 0.1) is 23.9 Å². The van der Waals surface area contributed by atoms with Crippen molar-refractivity contribution in [2.45, 2.75) is 37.5 Å². The Kier molecular flexibility index (Phi) is 5.66. The van der Waals surface area contributed by atoms with Crippen molar-refractivity contribution in [1.82, 2.24) is 4.98 Å². The number of anilines is 2. The molecule has 6 nitrogen and oxygen atoms in total. The van der Waals surface area contributed by atoms with Gasteiger partial charge in [-0.15, -0.1) is 0 Å². The zero-order valence-electron chi connectivity index (χ0n) is 15.2. The van der Waals surface area contributed by atoms with E-state index in [1.165, 1.54) is 25.7 Å². The normalized spacial score (nSPS) is 15.4. The zero-order valence-corrected chi connectivity index (χ0v) is 16.1. The van der Waals surface area contributed by atoms with E-state index in [2.05, 4.69) is 14.6 Å². The molecule has 1 aliphatic rings. The molecule has 0 radical (unpaired) electrons. The van der Waals surface area contributed by atoms with Crippen molar-refractivity contribution in [2.24, 2.45) is 0 Å². The molecule has 0 bridgehead atoms. The van der Waals surface area contributed by atoms with E-state index in [1.54, 1.807) is 44.5 Å². The highest BCUT2D eigenvalue weighted by Crippen LogP contribution is 2.24. The second-order valence-electron chi connectivity index (χ2n) is 6.54. The summed E-state index contributed by atoms with van der Waals surface area (Å²) in [7, 11) is -2.14. The summed E-state index contributed by atoms with van der Waals surface area (Å²) in [6.45, 7) is 3.79. The van der Waals surface area contributed by atoms with Crippen LogP contribution in [0.15, 0.2) is 41.4 Å². The predicted molar refractivity (Wildman–Crippen MR) is 103 cm³/mol. The summed E-state index contributed by atoms with van der Waals surface area (Å²) in [5.74, 6) is 0.945. The molecule has 2 heterocycles. The molecule has 3 rings (SSSR count). The number of ether oxygens (including phenoxy) is 1. The van der Waals surface area contributed by atoms with Crippen LogP contribution in [0.25, 0.3) is 0 Å². The Morgan fingerprint density at radius 3 is 2.38 bits per heavy atom. The zero-order chi connectivity index (χ0) is 18.6. The van der Waals surface area contributed by atoms with Gasteiger partial charge in [0.1, 0.15) is 11.6 Å². The third-order valence-corrected chi connectivity index (χ3v) is 6.14. The molecule has 7 heteroatoms. The Bertz CT molecular complexity index is 843. The van der Waals surface area contributed by atoms with Gasteiger partial charge in [-0.25, -0.2) is 13.4 Å². The first-order valence-electron chi connectivity index (χ1n) is 8.88. The van der Waals surface area contributed by atoms with Crippen molar-refractivity contribution in [1.29, 1.82) is 0 Å². The first kappa shape index (κ1) is 18.5. The summed E-state index contributed by atoms with van der Waals surface area (Å²) >= 11 is 0. The van der Waals surface area contributed by atoms with E-state index in [0.717, 1.165) is 18.8 Å². The van der Waals surface area contributed by atoms with Crippen LogP contribution in [-0.4, -0.2) is 33.6 Å². The minimum Gasteiger partial charge on any atom is -0.497 e. The van der Waals surface area contributed by atoms with Crippen LogP contribution >= 0.6 is 0 Å². The lowest BCUT2D eigenvalue weighted by molar-refractivity contribution is 0.414. The summed E-state index contributed by atoms with van der Waals surface area (Å²) in [5, 5.41) is 0. The van der Waals surface area contributed by atoms with E-state index in [1.807, 2.05) is 6.07 Å². The number of rotatable bonds is 5. The van der Waals surface area contributed by atoms with Gasteiger partial charge >= 0.3 is 0 Å². The number of nitrogens with one attached hydrogen (secondary N) is 1. The average molecular weight is 375 g/mol. The molecule has 0 saturated carbocycles. The highest BCUT2D eigenvalue weighted by molar-refractivity contribution is 7.92. The number of hydrogen-bond donors (Lipinski definition) is 1. The fraction of sp³-hybridized carbons (Fsp3) is 0.421. The van der Waals surface area contributed by atoms with Crippen molar-refractivity contribution in [2.75, 3.05) is 29.8 Å². The number of methoxy groups -OCH3 is 1. The number of aromatic nitrogens is 1. The molecule has 1 fully saturated rings. The summed E-state index contributed by atoms with van der Waals surface area (Å²) in [6.07, 6.45) is 6.65. The quantitative estimate of drug-likeness (QED) is 0.865. The Morgan fingerprint density at radius 2 is 1.81 bits per heavy atom. The van der Waals surface area contributed by atoms with E-state index < -0.39 is 10.0 Å². The van der Waals surface area contributed by atoms with Crippen molar-refractivity contribution in [3.05, 3.63) is 42.1 Å². The Morgan fingerprint density at radius 1 is 1.08 bits per heavy atom. The second kappa shape index (κ2) is 7.95. The molecule has 0 amide bonds. The third kappa shape index (κ3) is 4.27. The summed E-state index contributed by atoms with van der Waals surface area (Å²) in [4.78, 5) is 6.83. The van der Waals surface area contributed by atoms with Crippen LogP contribution in [-0.2, 0) is 10.0 Å². The molecule has 0 aliphatic carbocycles. The van der Waals surface area contributed by atoms with Crippen LogP contribution in [0.4, 0.5) is 11.5 Å². The van der Waals surface area contributed by atoms with Crippen molar-refractivity contribution >= 4 is 21.5 Å².